The molecule has 2 aromatic carbocycles. The molecule has 5 aromatic rings. The Bertz CT molecular complexity index is 1430. The number of benzene rings is 2. The fraction of sp³-hybridized carbons (Fsp3) is 0.167. The number of ether oxygens (including phenoxy) is 1. The van der Waals surface area contributed by atoms with E-state index in [0.717, 1.165) is 44.1 Å². The Kier molecular flexibility index (Phi) is 4.20. The number of fused-ring (bicyclic) bond motifs is 4. The number of hydrogen-bond acceptors (Lipinski definition) is 4. The van der Waals surface area contributed by atoms with Crippen molar-refractivity contribution in [3.63, 3.8) is 0 Å². The molecule has 0 amide bonds. The van der Waals surface area contributed by atoms with Crippen molar-refractivity contribution in [2.24, 2.45) is 0 Å². The number of aryl methyl sites for hydroxylation is 2. The molecule has 0 aliphatic rings. The van der Waals surface area contributed by atoms with Gasteiger partial charge in [-0.1, -0.05) is 18.2 Å². The third kappa shape index (κ3) is 2.88. The Labute approximate surface area is 172 Å². The first-order chi connectivity index (χ1) is 14.5. The second-order valence-electron chi connectivity index (χ2n) is 7.38. The van der Waals surface area contributed by atoms with Crippen LogP contribution in [0, 0.1) is 13.8 Å². The zero-order valence-corrected chi connectivity index (χ0v) is 16.7. The molecule has 0 spiro atoms. The molecule has 0 atom stereocenters. The van der Waals surface area contributed by atoms with Gasteiger partial charge in [-0.05, 0) is 49.7 Å². The number of aromatic nitrogens is 2. The molecule has 0 radical (unpaired) electrons. The van der Waals surface area contributed by atoms with Crippen molar-refractivity contribution in [2.45, 2.75) is 26.8 Å². The molecule has 0 aliphatic heterocycles. The van der Waals surface area contributed by atoms with Gasteiger partial charge in [-0.15, -0.1) is 0 Å². The van der Waals surface area contributed by atoms with Crippen LogP contribution in [-0.2, 0) is 11.3 Å². The average Bonchev–Trinajstić information content (AvgIpc) is 3.23. The quantitative estimate of drug-likeness (QED) is 0.402. The van der Waals surface area contributed by atoms with E-state index in [2.05, 4.69) is 4.98 Å². The molecule has 30 heavy (non-hydrogen) atoms. The maximum Gasteiger partial charge on any atom is 0.305 e. The second-order valence-corrected chi connectivity index (χ2v) is 7.38. The van der Waals surface area contributed by atoms with Crippen molar-refractivity contribution >= 4 is 38.8 Å². The van der Waals surface area contributed by atoms with E-state index in [1.165, 1.54) is 0 Å². The topological polar surface area (TPSA) is 77.5 Å². The lowest BCUT2D eigenvalue weighted by Crippen LogP contribution is -2.06. The zero-order chi connectivity index (χ0) is 20.8. The number of aliphatic carboxylic acids is 1. The summed E-state index contributed by atoms with van der Waals surface area (Å²) in [6.45, 7) is 4.38. The van der Waals surface area contributed by atoms with Gasteiger partial charge in [-0.2, -0.15) is 0 Å². The van der Waals surface area contributed by atoms with Crippen molar-refractivity contribution in [3.05, 3.63) is 66.0 Å². The number of carboxylic acid groups (broad SMARTS) is 1. The van der Waals surface area contributed by atoms with Crippen LogP contribution in [0.15, 0.2) is 59.1 Å². The number of rotatable bonds is 5. The van der Waals surface area contributed by atoms with Crippen molar-refractivity contribution in [1.82, 2.24) is 9.55 Å². The van der Waals surface area contributed by atoms with E-state index < -0.39 is 5.97 Å². The molecule has 150 valence electrons. The highest BCUT2D eigenvalue weighted by Gasteiger charge is 2.18. The lowest BCUT2D eigenvalue weighted by molar-refractivity contribution is -0.137. The highest BCUT2D eigenvalue weighted by molar-refractivity contribution is 6.05. The maximum absolute atomic E-state index is 11.1. The van der Waals surface area contributed by atoms with E-state index in [9.17, 15) is 4.79 Å². The maximum atomic E-state index is 11.1. The highest BCUT2D eigenvalue weighted by Crippen LogP contribution is 2.36. The number of carbonyl (C=O) groups is 1. The van der Waals surface area contributed by atoms with E-state index in [4.69, 9.17) is 14.3 Å². The Hall–Kier alpha value is -3.80. The van der Waals surface area contributed by atoms with Crippen LogP contribution in [0.2, 0.25) is 0 Å². The van der Waals surface area contributed by atoms with Crippen molar-refractivity contribution < 1.29 is 19.1 Å². The van der Waals surface area contributed by atoms with Crippen molar-refractivity contribution in [1.29, 1.82) is 0 Å². The molecule has 3 heterocycles. The minimum absolute atomic E-state index is 0.0331. The summed E-state index contributed by atoms with van der Waals surface area (Å²) in [5, 5.41) is 12.2. The molecule has 6 heteroatoms. The van der Waals surface area contributed by atoms with Crippen LogP contribution in [0.5, 0.6) is 11.6 Å². The molecule has 0 saturated carbocycles. The number of carboxylic acids is 1. The summed E-state index contributed by atoms with van der Waals surface area (Å²) in [5.41, 5.74) is 4.55. The van der Waals surface area contributed by atoms with Crippen LogP contribution >= 0.6 is 0 Å². The van der Waals surface area contributed by atoms with Gasteiger partial charge in [-0.25, -0.2) is 4.98 Å². The fourth-order valence-corrected chi connectivity index (χ4v) is 4.01. The van der Waals surface area contributed by atoms with Gasteiger partial charge in [0.15, 0.2) is 0 Å². The molecular formula is C24H20N2O4. The van der Waals surface area contributed by atoms with Gasteiger partial charge < -0.3 is 18.8 Å². The van der Waals surface area contributed by atoms with Crippen LogP contribution in [0.25, 0.3) is 32.8 Å². The predicted octanol–water partition coefficient (Wildman–Crippen LogP) is 5.82. The second kappa shape index (κ2) is 6.91. The molecule has 6 nitrogen and oxygen atoms in total. The van der Waals surface area contributed by atoms with Gasteiger partial charge >= 0.3 is 5.97 Å². The van der Waals surface area contributed by atoms with Crippen LogP contribution in [0.3, 0.4) is 0 Å². The monoisotopic (exact) mass is 400 g/mol. The molecule has 0 aliphatic carbocycles. The van der Waals surface area contributed by atoms with Gasteiger partial charge in [0.1, 0.15) is 22.4 Å². The molecular weight excluding hydrogens is 380 g/mol. The van der Waals surface area contributed by atoms with E-state index in [1.54, 1.807) is 6.20 Å². The van der Waals surface area contributed by atoms with E-state index >= 15 is 0 Å². The number of nitrogens with zero attached hydrogens (tertiary/aromatic N) is 2. The third-order valence-corrected chi connectivity index (χ3v) is 5.62. The molecule has 1 N–H and O–H groups in total. The van der Waals surface area contributed by atoms with Gasteiger partial charge in [0, 0.05) is 34.6 Å². The predicted molar refractivity (Wildman–Crippen MR) is 115 cm³/mol. The molecule has 0 fully saturated rings. The summed E-state index contributed by atoms with van der Waals surface area (Å²) in [4.78, 5) is 15.6. The van der Waals surface area contributed by atoms with Crippen molar-refractivity contribution in [2.75, 3.05) is 0 Å². The number of furan rings is 1. The summed E-state index contributed by atoms with van der Waals surface area (Å²) < 4.78 is 14.1. The molecule has 0 bridgehead atoms. The van der Waals surface area contributed by atoms with Crippen LogP contribution in [0.1, 0.15) is 17.7 Å². The Morgan fingerprint density at radius 2 is 1.87 bits per heavy atom. The molecule has 0 saturated heterocycles. The Morgan fingerprint density at radius 1 is 1.07 bits per heavy atom. The first kappa shape index (κ1) is 18.2. The van der Waals surface area contributed by atoms with E-state index in [1.807, 2.05) is 66.9 Å². The smallest absolute Gasteiger partial charge is 0.305 e. The van der Waals surface area contributed by atoms with Gasteiger partial charge in [-0.3, -0.25) is 4.79 Å². The largest absolute Gasteiger partial charge is 0.481 e. The zero-order valence-electron chi connectivity index (χ0n) is 16.7. The average molecular weight is 400 g/mol. The summed E-state index contributed by atoms with van der Waals surface area (Å²) in [6, 6.07) is 15.5. The molecule has 5 rings (SSSR count). The van der Waals surface area contributed by atoms with Gasteiger partial charge in [0.25, 0.3) is 0 Å². The van der Waals surface area contributed by atoms with Crippen molar-refractivity contribution in [3.8, 4) is 11.6 Å². The fourth-order valence-electron chi connectivity index (χ4n) is 4.01. The Balaban J connectivity index is 1.62. The van der Waals surface area contributed by atoms with Crippen LogP contribution < -0.4 is 4.74 Å². The van der Waals surface area contributed by atoms with E-state index in [0.29, 0.717) is 18.2 Å². The summed E-state index contributed by atoms with van der Waals surface area (Å²) >= 11 is 0. The van der Waals surface area contributed by atoms with E-state index in [-0.39, 0.29) is 6.42 Å². The first-order valence-electron chi connectivity index (χ1n) is 9.78. The highest BCUT2D eigenvalue weighted by atomic mass is 16.5. The lowest BCUT2D eigenvalue weighted by Gasteiger charge is -2.11. The van der Waals surface area contributed by atoms with Gasteiger partial charge in [0.05, 0.1) is 6.42 Å². The number of pyridine rings is 1. The normalized spacial score (nSPS) is 11.5. The SMILES string of the molecule is Cc1c(C)n(CCC(=O)O)c2c(Oc3ccc4oc5ccccc5c4c3)nccc12. The van der Waals surface area contributed by atoms with Crippen LogP contribution in [-0.4, -0.2) is 20.6 Å². The first-order valence-corrected chi connectivity index (χ1v) is 9.78. The summed E-state index contributed by atoms with van der Waals surface area (Å²) in [6.07, 6.45) is 1.75. The minimum Gasteiger partial charge on any atom is -0.481 e. The molecule has 3 aromatic heterocycles. The standard InChI is InChI=1S/C24H20N2O4/c1-14-15(2)26(12-10-22(27)28)23-17(14)9-11-25-24(23)29-16-7-8-21-19(13-16)18-5-3-4-6-20(18)30-21/h3-9,11,13H,10,12H2,1-2H3,(H,27,28). The number of hydrogen-bond donors (Lipinski definition) is 1. The number of para-hydroxylation sites is 1. The van der Waals surface area contributed by atoms with Crippen LogP contribution in [0.4, 0.5) is 0 Å². The lowest BCUT2D eigenvalue weighted by atomic mass is 10.1. The minimum atomic E-state index is -0.836. The summed E-state index contributed by atoms with van der Waals surface area (Å²) in [7, 11) is 0. The summed E-state index contributed by atoms with van der Waals surface area (Å²) in [5.74, 6) is 0.272. The third-order valence-electron chi connectivity index (χ3n) is 5.62. The molecule has 0 unspecified atom stereocenters. The Morgan fingerprint density at radius 3 is 2.70 bits per heavy atom. The van der Waals surface area contributed by atoms with Gasteiger partial charge in [0.2, 0.25) is 5.88 Å².